The molecule has 0 saturated carbocycles. The van der Waals surface area contributed by atoms with Crippen molar-refractivity contribution in [2.75, 3.05) is 0 Å². The normalized spacial score (nSPS) is 14.1. The zero-order valence-electron chi connectivity index (χ0n) is 12.1. The van der Waals surface area contributed by atoms with Crippen LogP contribution in [0.15, 0.2) is 2.97 Å². The van der Waals surface area contributed by atoms with E-state index in [4.69, 9.17) is 2.97 Å². The van der Waals surface area contributed by atoms with E-state index in [1.165, 1.54) is 0 Å². The summed E-state index contributed by atoms with van der Waals surface area (Å²) in [6.45, 7) is 14.3. The molecule has 0 N–H and O–H groups in total. The zero-order chi connectivity index (χ0) is 12.4. The fourth-order valence-electron chi connectivity index (χ4n) is 2.65. The monoisotopic (exact) mass is 339 g/mol. The van der Waals surface area contributed by atoms with Crippen molar-refractivity contribution in [3.63, 3.8) is 0 Å². The van der Waals surface area contributed by atoms with Crippen LogP contribution in [0.2, 0.25) is 14.8 Å². The second-order valence-electron chi connectivity index (χ2n) is 6.35. The molecule has 0 atom stereocenters. The molecule has 0 fully saturated rings. The maximum atomic E-state index is 5.46. The van der Waals surface area contributed by atoms with E-state index in [2.05, 4.69) is 56.4 Å². The van der Waals surface area contributed by atoms with Gasteiger partial charge in [0.05, 0.1) is 0 Å². The first-order valence-corrected chi connectivity index (χ1v) is 18.0. The van der Waals surface area contributed by atoms with Crippen molar-refractivity contribution >= 4 is 25.7 Å². The predicted octanol–water partition coefficient (Wildman–Crippen LogP) is 5.25. The van der Waals surface area contributed by atoms with Crippen LogP contribution in [0.1, 0.15) is 41.5 Å². The molecule has 0 heterocycles. The van der Waals surface area contributed by atoms with Crippen molar-refractivity contribution in [2.24, 2.45) is 2.97 Å². The molecule has 0 rings (SSSR count). The van der Waals surface area contributed by atoms with Crippen LogP contribution in [0, 0.1) is 0 Å². The van der Waals surface area contributed by atoms with Gasteiger partial charge in [-0.1, -0.05) is 0 Å². The fraction of sp³-hybridized carbons (Fsp3) is 1.00. The molecule has 0 saturated heterocycles. The summed E-state index contributed by atoms with van der Waals surface area (Å²) >= 11 is -2.03. The molecule has 1 nitrogen and oxygen atoms in total. The molecule has 0 aromatic heterocycles. The summed E-state index contributed by atoms with van der Waals surface area (Å²) in [5, 5.41) is 0. The standard InChI is InChI=1S/C9H21NP.3CH3.Sn/c1-7(2)11(10,8(3)4)9(5)6;;;;/h7-9H,1-6H3;3*1H3;/q-1;;;;+1. The molecule has 0 radical (unpaired) electrons. The molecule has 92 valence electrons. The number of hydrogen-bond acceptors (Lipinski definition) is 1. The molecule has 3 heteroatoms. The Morgan fingerprint density at radius 1 is 0.733 bits per heavy atom. The molecule has 0 aliphatic heterocycles. The van der Waals surface area contributed by atoms with Crippen molar-refractivity contribution in [2.45, 2.75) is 73.3 Å². The molecular formula is C12H30NPSn. The predicted molar refractivity (Wildman–Crippen MR) is 78.1 cm³/mol. The molecular weight excluding hydrogens is 308 g/mol. The Hall–Kier alpha value is 1.03. The van der Waals surface area contributed by atoms with Gasteiger partial charge in [-0.3, -0.25) is 0 Å². The van der Waals surface area contributed by atoms with Crippen molar-refractivity contribution in [1.29, 1.82) is 0 Å². The quantitative estimate of drug-likeness (QED) is 0.491. The minimum atomic E-state index is -2.03. The van der Waals surface area contributed by atoms with Crippen LogP contribution in [0.3, 0.4) is 0 Å². The van der Waals surface area contributed by atoms with E-state index in [0.29, 0.717) is 0 Å². The van der Waals surface area contributed by atoms with Crippen LogP contribution in [0.4, 0.5) is 0 Å². The summed E-state index contributed by atoms with van der Waals surface area (Å²) in [5.74, 6) is 0. The van der Waals surface area contributed by atoms with E-state index in [1.807, 2.05) is 0 Å². The van der Waals surface area contributed by atoms with Gasteiger partial charge in [-0.05, 0) is 0 Å². The van der Waals surface area contributed by atoms with Crippen molar-refractivity contribution < 1.29 is 0 Å². The van der Waals surface area contributed by atoms with Crippen LogP contribution in [-0.2, 0) is 0 Å². The maximum absolute atomic E-state index is 5.46. The molecule has 0 aliphatic rings. The van der Waals surface area contributed by atoms with Gasteiger partial charge >= 0.3 is 102 Å². The summed E-state index contributed by atoms with van der Waals surface area (Å²) < 4.78 is 5.46. The topological polar surface area (TPSA) is 12.4 Å². The van der Waals surface area contributed by atoms with E-state index in [-0.39, 0.29) is 0 Å². The van der Waals surface area contributed by atoms with E-state index < -0.39 is 25.7 Å². The number of hydrogen-bond donors (Lipinski definition) is 0. The number of rotatable bonds is 4. The summed E-state index contributed by atoms with van der Waals surface area (Å²) in [6.07, 6.45) is 0. The Morgan fingerprint density at radius 2 is 1.00 bits per heavy atom. The fourth-order valence-corrected chi connectivity index (χ4v) is 22.8. The van der Waals surface area contributed by atoms with Crippen molar-refractivity contribution in [3.05, 3.63) is 0 Å². The minimum absolute atomic E-state index is 0.758. The van der Waals surface area contributed by atoms with E-state index in [9.17, 15) is 0 Å². The Bertz CT molecular complexity index is 220. The van der Waals surface area contributed by atoms with Crippen LogP contribution in [0.5, 0.6) is 0 Å². The average molecular weight is 338 g/mol. The number of nitrogens with zero attached hydrogens (tertiary/aromatic N) is 1. The van der Waals surface area contributed by atoms with Crippen LogP contribution in [0.25, 0.3) is 0 Å². The van der Waals surface area contributed by atoms with Gasteiger partial charge < -0.3 is 0 Å². The van der Waals surface area contributed by atoms with Crippen molar-refractivity contribution in [1.82, 2.24) is 0 Å². The molecule has 0 amide bonds. The second kappa shape index (κ2) is 5.58. The van der Waals surface area contributed by atoms with E-state index in [1.54, 1.807) is 0 Å². The van der Waals surface area contributed by atoms with Gasteiger partial charge in [-0.2, -0.15) is 0 Å². The van der Waals surface area contributed by atoms with E-state index >= 15 is 0 Å². The average Bonchev–Trinajstić information content (AvgIpc) is 1.96. The molecule has 0 spiro atoms. The Kier molecular flexibility index (Phi) is 5.96. The van der Waals surface area contributed by atoms with E-state index in [0.717, 1.165) is 17.0 Å². The van der Waals surface area contributed by atoms with Gasteiger partial charge in [-0.25, -0.2) is 0 Å². The molecule has 0 aliphatic carbocycles. The van der Waals surface area contributed by atoms with Gasteiger partial charge in [0.1, 0.15) is 0 Å². The molecule has 15 heavy (non-hydrogen) atoms. The van der Waals surface area contributed by atoms with Gasteiger partial charge in [0.25, 0.3) is 0 Å². The van der Waals surface area contributed by atoms with Gasteiger partial charge in [0.2, 0.25) is 0 Å². The van der Waals surface area contributed by atoms with Crippen molar-refractivity contribution in [3.8, 4) is 0 Å². The first-order chi connectivity index (χ1) is 6.54. The third kappa shape index (κ3) is 4.07. The Balaban J connectivity index is 5.65. The first-order valence-electron chi connectivity index (χ1n) is 6.16. The zero-order valence-corrected chi connectivity index (χ0v) is 15.9. The summed E-state index contributed by atoms with van der Waals surface area (Å²) in [4.78, 5) is 7.32. The molecule has 0 bridgehead atoms. The van der Waals surface area contributed by atoms with Gasteiger partial charge in [-0.15, -0.1) is 0 Å². The third-order valence-electron chi connectivity index (χ3n) is 2.95. The SMILES string of the molecule is CC(C)P(=[N][Sn]([CH3])([CH3])[CH3])(C(C)C)C(C)C. The van der Waals surface area contributed by atoms with Gasteiger partial charge in [0.15, 0.2) is 0 Å². The Labute approximate surface area is 102 Å². The summed E-state index contributed by atoms with van der Waals surface area (Å²) in [7, 11) is -1.12. The van der Waals surface area contributed by atoms with Crippen LogP contribution >= 0.6 is 7.05 Å². The molecule has 0 aromatic carbocycles. The second-order valence-corrected chi connectivity index (χ2v) is 25.3. The summed E-state index contributed by atoms with van der Waals surface area (Å²) in [5.41, 5.74) is 2.27. The third-order valence-corrected chi connectivity index (χ3v) is 17.0. The molecule has 0 aromatic rings. The van der Waals surface area contributed by atoms with Crippen LogP contribution < -0.4 is 0 Å². The molecule has 0 unspecified atom stereocenters. The first kappa shape index (κ1) is 16.0. The summed E-state index contributed by atoms with van der Waals surface area (Å²) in [6, 6.07) is 0. The van der Waals surface area contributed by atoms with Gasteiger partial charge in [0, 0.05) is 0 Å². The Morgan fingerprint density at radius 3 is 1.07 bits per heavy atom. The van der Waals surface area contributed by atoms with Crippen LogP contribution in [-0.4, -0.2) is 35.6 Å².